The van der Waals surface area contributed by atoms with E-state index >= 15 is 0 Å². The highest BCUT2D eigenvalue weighted by atomic mass is 35.5. The molecular formula is C13H20ClN3O. The molecule has 1 aromatic rings. The van der Waals surface area contributed by atoms with E-state index in [-0.39, 0.29) is 6.61 Å². The first-order chi connectivity index (χ1) is 8.76. The lowest BCUT2D eigenvalue weighted by atomic mass is 9.92. The topological polar surface area (TPSA) is 49.2 Å². The van der Waals surface area contributed by atoms with Crippen molar-refractivity contribution in [1.82, 2.24) is 9.97 Å². The van der Waals surface area contributed by atoms with E-state index in [2.05, 4.69) is 21.8 Å². The van der Waals surface area contributed by atoms with Gasteiger partial charge in [-0.2, -0.15) is 0 Å². The number of anilines is 1. The van der Waals surface area contributed by atoms with E-state index in [4.69, 9.17) is 11.6 Å². The van der Waals surface area contributed by atoms with Gasteiger partial charge in [-0.1, -0.05) is 31.4 Å². The molecule has 0 bridgehead atoms. The van der Waals surface area contributed by atoms with Crippen molar-refractivity contribution in [1.29, 1.82) is 0 Å². The predicted molar refractivity (Wildman–Crippen MR) is 72.8 cm³/mol. The van der Waals surface area contributed by atoms with Gasteiger partial charge in [0.1, 0.15) is 17.3 Å². The Labute approximate surface area is 113 Å². The highest BCUT2D eigenvalue weighted by Gasteiger charge is 2.22. The average molecular weight is 270 g/mol. The number of hydrogen-bond donors (Lipinski definition) is 1. The molecule has 0 atom stereocenters. The average Bonchev–Trinajstić information content (AvgIpc) is 2.40. The van der Waals surface area contributed by atoms with Gasteiger partial charge in [-0.25, -0.2) is 9.97 Å². The molecule has 0 spiro atoms. The van der Waals surface area contributed by atoms with Crippen LogP contribution < -0.4 is 4.90 Å². The molecule has 0 aliphatic carbocycles. The van der Waals surface area contributed by atoms with E-state index in [9.17, 15) is 5.11 Å². The predicted octanol–water partition coefficient (Wildman–Crippen LogP) is 2.64. The number of aromatic nitrogens is 2. The number of nitrogens with zero attached hydrogens (tertiary/aromatic N) is 3. The second-order valence-corrected chi connectivity index (χ2v) is 5.20. The Bertz CT molecular complexity index is 392. The van der Waals surface area contributed by atoms with Crippen LogP contribution in [0.3, 0.4) is 0 Å². The van der Waals surface area contributed by atoms with E-state index in [1.54, 1.807) is 0 Å². The van der Waals surface area contributed by atoms with Crippen molar-refractivity contribution in [2.75, 3.05) is 18.0 Å². The summed E-state index contributed by atoms with van der Waals surface area (Å²) in [6.45, 7) is 4.11. The molecule has 1 saturated heterocycles. The Kier molecular flexibility index (Phi) is 4.78. The number of piperidine rings is 1. The van der Waals surface area contributed by atoms with Crippen molar-refractivity contribution in [2.24, 2.45) is 5.92 Å². The normalized spacial score (nSPS) is 17.2. The molecule has 0 unspecified atom stereocenters. The zero-order valence-corrected chi connectivity index (χ0v) is 11.5. The van der Waals surface area contributed by atoms with Crippen molar-refractivity contribution < 1.29 is 5.11 Å². The van der Waals surface area contributed by atoms with E-state index < -0.39 is 0 Å². The molecule has 5 heteroatoms. The maximum Gasteiger partial charge on any atom is 0.140 e. The van der Waals surface area contributed by atoms with Gasteiger partial charge in [0.15, 0.2) is 0 Å². The third-order valence-corrected chi connectivity index (χ3v) is 3.96. The second-order valence-electron chi connectivity index (χ2n) is 4.84. The quantitative estimate of drug-likeness (QED) is 0.854. The fourth-order valence-corrected chi connectivity index (χ4v) is 2.82. The van der Waals surface area contributed by atoms with Crippen LogP contribution >= 0.6 is 11.6 Å². The third kappa shape index (κ3) is 2.93. The van der Waals surface area contributed by atoms with Crippen molar-refractivity contribution in [3.8, 4) is 0 Å². The fourth-order valence-electron chi connectivity index (χ4n) is 2.63. The number of halogens is 1. The van der Waals surface area contributed by atoms with Gasteiger partial charge in [-0.15, -0.1) is 0 Å². The lowest BCUT2D eigenvalue weighted by Crippen LogP contribution is -2.35. The summed E-state index contributed by atoms with van der Waals surface area (Å²) in [4.78, 5) is 10.4. The zero-order chi connectivity index (χ0) is 13.0. The highest BCUT2D eigenvalue weighted by Crippen LogP contribution is 2.28. The largest absolute Gasteiger partial charge is 0.391 e. The van der Waals surface area contributed by atoms with Crippen LogP contribution in [0.15, 0.2) is 6.33 Å². The van der Waals surface area contributed by atoms with Crippen LogP contribution in [0, 0.1) is 5.92 Å². The van der Waals surface area contributed by atoms with Crippen LogP contribution in [-0.2, 0) is 6.61 Å². The van der Waals surface area contributed by atoms with Crippen molar-refractivity contribution in [2.45, 2.75) is 39.2 Å². The van der Waals surface area contributed by atoms with Crippen LogP contribution in [0.4, 0.5) is 5.82 Å². The van der Waals surface area contributed by atoms with Crippen LogP contribution in [-0.4, -0.2) is 28.2 Å². The molecule has 0 aromatic carbocycles. The van der Waals surface area contributed by atoms with Gasteiger partial charge in [0.25, 0.3) is 0 Å². The van der Waals surface area contributed by atoms with Gasteiger partial charge in [0.05, 0.1) is 12.2 Å². The number of aliphatic hydroxyl groups excluding tert-OH is 1. The molecule has 1 N–H and O–H groups in total. The second kappa shape index (κ2) is 6.34. The Morgan fingerprint density at radius 2 is 2.11 bits per heavy atom. The first kappa shape index (κ1) is 13.6. The minimum Gasteiger partial charge on any atom is -0.391 e. The molecule has 1 aromatic heterocycles. The van der Waals surface area contributed by atoms with Crippen LogP contribution in [0.25, 0.3) is 0 Å². The van der Waals surface area contributed by atoms with Gasteiger partial charge in [-0.05, 0) is 18.8 Å². The minimum atomic E-state index is -0.107. The van der Waals surface area contributed by atoms with Crippen LogP contribution in [0.2, 0.25) is 5.15 Å². The molecular weight excluding hydrogens is 250 g/mol. The Balaban J connectivity index is 2.07. The molecule has 4 nitrogen and oxygen atoms in total. The van der Waals surface area contributed by atoms with Crippen molar-refractivity contribution in [3.05, 3.63) is 17.0 Å². The van der Waals surface area contributed by atoms with Crippen LogP contribution in [0.5, 0.6) is 0 Å². The smallest absolute Gasteiger partial charge is 0.140 e. The van der Waals surface area contributed by atoms with Gasteiger partial charge in [0.2, 0.25) is 0 Å². The van der Waals surface area contributed by atoms with E-state index in [1.807, 2.05) is 0 Å². The van der Waals surface area contributed by atoms with Crippen molar-refractivity contribution in [3.63, 3.8) is 0 Å². The Hall–Kier alpha value is -0.870. The molecule has 2 rings (SSSR count). The summed E-state index contributed by atoms with van der Waals surface area (Å²) in [5, 5.41) is 9.73. The molecule has 0 saturated carbocycles. The first-order valence-electron chi connectivity index (χ1n) is 6.61. The van der Waals surface area contributed by atoms with Gasteiger partial charge in [-0.3, -0.25) is 0 Å². The Morgan fingerprint density at radius 3 is 2.72 bits per heavy atom. The zero-order valence-electron chi connectivity index (χ0n) is 10.8. The number of hydrogen-bond acceptors (Lipinski definition) is 4. The van der Waals surface area contributed by atoms with Crippen molar-refractivity contribution >= 4 is 17.4 Å². The first-order valence-corrected chi connectivity index (χ1v) is 6.99. The lowest BCUT2D eigenvalue weighted by Gasteiger charge is -2.33. The maximum absolute atomic E-state index is 9.38. The summed E-state index contributed by atoms with van der Waals surface area (Å²) in [5.41, 5.74) is 0.646. The summed E-state index contributed by atoms with van der Waals surface area (Å²) in [7, 11) is 0. The van der Waals surface area contributed by atoms with E-state index in [1.165, 1.54) is 32.0 Å². The molecule has 0 radical (unpaired) electrons. The maximum atomic E-state index is 9.38. The minimum absolute atomic E-state index is 0.107. The highest BCUT2D eigenvalue weighted by molar-refractivity contribution is 6.30. The SMILES string of the molecule is CCCC1CCN(c2ncnc(Cl)c2CO)CC1. The molecule has 0 amide bonds. The summed E-state index contributed by atoms with van der Waals surface area (Å²) in [6, 6.07) is 0. The summed E-state index contributed by atoms with van der Waals surface area (Å²) >= 11 is 5.99. The van der Waals surface area contributed by atoms with E-state index in [0.29, 0.717) is 10.7 Å². The molecule has 1 fully saturated rings. The summed E-state index contributed by atoms with van der Waals surface area (Å²) in [6.07, 6.45) is 6.42. The molecule has 2 heterocycles. The summed E-state index contributed by atoms with van der Waals surface area (Å²) in [5.74, 6) is 1.63. The molecule has 100 valence electrons. The molecule has 1 aliphatic heterocycles. The standard InChI is InChI=1S/C13H20ClN3O/c1-2-3-10-4-6-17(7-5-10)13-11(8-18)12(14)15-9-16-13/h9-10,18H,2-8H2,1H3. The van der Waals surface area contributed by atoms with Crippen LogP contribution in [0.1, 0.15) is 38.2 Å². The number of aliphatic hydroxyl groups is 1. The Morgan fingerprint density at radius 1 is 1.39 bits per heavy atom. The number of rotatable bonds is 4. The fraction of sp³-hybridized carbons (Fsp3) is 0.692. The van der Waals surface area contributed by atoms with Gasteiger partial charge >= 0.3 is 0 Å². The van der Waals surface area contributed by atoms with Gasteiger partial charge < -0.3 is 10.0 Å². The molecule has 18 heavy (non-hydrogen) atoms. The van der Waals surface area contributed by atoms with Gasteiger partial charge in [0, 0.05) is 13.1 Å². The van der Waals surface area contributed by atoms with E-state index in [0.717, 1.165) is 24.8 Å². The summed E-state index contributed by atoms with van der Waals surface area (Å²) < 4.78 is 0. The molecule has 1 aliphatic rings. The monoisotopic (exact) mass is 269 g/mol. The third-order valence-electron chi connectivity index (χ3n) is 3.64. The lowest BCUT2D eigenvalue weighted by molar-refractivity contribution is 0.280.